The summed E-state index contributed by atoms with van der Waals surface area (Å²) in [4.78, 5) is 1.38. The molecule has 0 amide bonds. The summed E-state index contributed by atoms with van der Waals surface area (Å²) >= 11 is 3.56. The SMILES string of the molecule is CC(CNCc1cccs1)Sc1nnnn1C1CCCC1. The van der Waals surface area contributed by atoms with Crippen molar-refractivity contribution in [2.24, 2.45) is 0 Å². The van der Waals surface area contributed by atoms with Gasteiger partial charge in [-0.25, -0.2) is 4.68 Å². The van der Waals surface area contributed by atoms with Crippen molar-refractivity contribution in [3.63, 3.8) is 0 Å². The van der Waals surface area contributed by atoms with Gasteiger partial charge in [-0.05, 0) is 34.7 Å². The van der Waals surface area contributed by atoms with Crippen LogP contribution in [-0.2, 0) is 6.54 Å². The highest BCUT2D eigenvalue weighted by molar-refractivity contribution is 7.99. The standard InChI is InChI=1S/C14H21N5S2/c1-11(9-15-10-13-7-4-8-20-13)21-14-16-17-18-19(14)12-5-2-3-6-12/h4,7-8,11-12,15H,2-3,5-6,9-10H2,1H3. The Balaban J connectivity index is 1.48. The minimum absolute atomic E-state index is 0.455. The molecule has 0 aromatic carbocycles. The Morgan fingerprint density at radius 3 is 3.10 bits per heavy atom. The number of rotatable bonds is 7. The molecule has 0 radical (unpaired) electrons. The molecule has 5 nitrogen and oxygen atoms in total. The maximum atomic E-state index is 4.20. The van der Waals surface area contributed by atoms with Crippen LogP contribution in [0.2, 0.25) is 0 Å². The van der Waals surface area contributed by atoms with Crippen molar-refractivity contribution in [2.75, 3.05) is 6.54 Å². The van der Waals surface area contributed by atoms with Crippen LogP contribution in [0.15, 0.2) is 22.7 Å². The van der Waals surface area contributed by atoms with Crippen LogP contribution in [0.5, 0.6) is 0 Å². The summed E-state index contributed by atoms with van der Waals surface area (Å²) in [6.45, 7) is 4.12. The second-order valence-corrected chi connectivity index (χ2v) is 7.92. The zero-order valence-electron chi connectivity index (χ0n) is 12.2. The lowest BCUT2D eigenvalue weighted by atomic mass is 10.3. The van der Waals surface area contributed by atoms with Crippen LogP contribution in [0, 0.1) is 0 Å². The number of nitrogens with one attached hydrogen (secondary N) is 1. The van der Waals surface area contributed by atoms with Crippen molar-refractivity contribution in [1.82, 2.24) is 25.5 Å². The highest BCUT2D eigenvalue weighted by Gasteiger charge is 2.22. The van der Waals surface area contributed by atoms with Crippen LogP contribution in [0.4, 0.5) is 0 Å². The molecule has 1 fully saturated rings. The molecule has 1 atom stereocenters. The topological polar surface area (TPSA) is 55.6 Å². The van der Waals surface area contributed by atoms with Gasteiger partial charge in [0.1, 0.15) is 0 Å². The van der Waals surface area contributed by atoms with Crippen LogP contribution < -0.4 is 5.32 Å². The smallest absolute Gasteiger partial charge is 0.209 e. The van der Waals surface area contributed by atoms with E-state index in [0.29, 0.717) is 11.3 Å². The Morgan fingerprint density at radius 1 is 1.48 bits per heavy atom. The molecule has 1 aliphatic rings. The van der Waals surface area contributed by atoms with E-state index in [2.05, 4.69) is 45.3 Å². The molecular formula is C14H21N5S2. The molecular weight excluding hydrogens is 302 g/mol. The van der Waals surface area contributed by atoms with E-state index in [9.17, 15) is 0 Å². The van der Waals surface area contributed by atoms with E-state index in [1.54, 1.807) is 23.1 Å². The number of hydrogen-bond acceptors (Lipinski definition) is 6. The Kier molecular flexibility index (Phi) is 5.27. The highest BCUT2D eigenvalue weighted by atomic mass is 32.2. The largest absolute Gasteiger partial charge is 0.311 e. The van der Waals surface area contributed by atoms with Crippen molar-refractivity contribution < 1.29 is 0 Å². The lowest BCUT2D eigenvalue weighted by Gasteiger charge is -2.14. The molecule has 2 heterocycles. The van der Waals surface area contributed by atoms with Crippen molar-refractivity contribution in [1.29, 1.82) is 0 Å². The molecule has 21 heavy (non-hydrogen) atoms. The van der Waals surface area contributed by atoms with Gasteiger partial charge >= 0.3 is 0 Å². The summed E-state index contributed by atoms with van der Waals surface area (Å²) in [6.07, 6.45) is 5.02. The predicted molar refractivity (Wildman–Crippen MR) is 86.7 cm³/mol. The second-order valence-electron chi connectivity index (χ2n) is 5.48. The first-order valence-corrected chi connectivity index (χ1v) is 9.26. The minimum atomic E-state index is 0.455. The van der Waals surface area contributed by atoms with Gasteiger partial charge in [-0.15, -0.1) is 16.4 Å². The number of nitrogens with zero attached hydrogens (tertiary/aromatic N) is 4. The Morgan fingerprint density at radius 2 is 2.33 bits per heavy atom. The minimum Gasteiger partial charge on any atom is -0.311 e. The Hall–Kier alpha value is -0.920. The third kappa shape index (κ3) is 4.05. The molecule has 2 aromatic heterocycles. The van der Waals surface area contributed by atoms with Gasteiger partial charge in [-0.2, -0.15) is 0 Å². The summed E-state index contributed by atoms with van der Waals surface area (Å²) in [7, 11) is 0. The van der Waals surface area contributed by atoms with Gasteiger partial charge in [-0.3, -0.25) is 0 Å². The fourth-order valence-electron chi connectivity index (χ4n) is 2.67. The van der Waals surface area contributed by atoms with Crippen molar-refractivity contribution in [3.8, 4) is 0 Å². The van der Waals surface area contributed by atoms with E-state index in [1.165, 1.54) is 30.6 Å². The summed E-state index contributed by atoms with van der Waals surface area (Å²) < 4.78 is 2.04. The van der Waals surface area contributed by atoms with Crippen LogP contribution in [0.3, 0.4) is 0 Å². The highest BCUT2D eigenvalue weighted by Crippen LogP contribution is 2.32. The number of aromatic nitrogens is 4. The van der Waals surface area contributed by atoms with Gasteiger partial charge in [0.2, 0.25) is 5.16 Å². The number of thiophene rings is 1. The second kappa shape index (κ2) is 7.38. The molecule has 2 aromatic rings. The zero-order chi connectivity index (χ0) is 14.5. The predicted octanol–water partition coefficient (Wildman–Crippen LogP) is 3.12. The molecule has 1 unspecified atom stereocenters. The van der Waals surface area contributed by atoms with Crippen LogP contribution in [0.1, 0.15) is 43.5 Å². The molecule has 1 saturated carbocycles. The third-order valence-electron chi connectivity index (χ3n) is 3.75. The van der Waals surface area contributed by atoms with Crippen LogP contribution >= 0.6 is 23.1 Å². The summed E-state index contributed by atoms with van der Waals surface area (Å²) in [6, 6.07) is 4.76. The molecule has 0 bridgehead atoms. The van der Waals surface area contributed by atoms with E-state index >= 15 is 0 Å². The van der Waals surface area contributed by atoms with Gasteiger partial charge < -0.3 is 5.32 Å². The fourth-order valence-corrected chi connectivity index (χ4v) is 4.29. The van der Waals surface area contributed by atoms with Gasteiger partial charge in [0.05, 0.1) is 6.04 Å². The third-order valence-corrected chi connectivity index (χ3v) is 5.68. The molecule has 0 spiro atoms. The maximum Gasteiger partial charge on any atom is 0.209 e. The van der Waals surface area contributed by atoms with E-state index < -0.39 is 0 Å². The molecule has 0 aliphatic heterocycles. The first kappa shape index (κ1) is 15.0. The summed E-state index contributed by atoms with van der Waals surface area (Å²) in [5.74, 6) is 0. The quantitative estimate of drug-likeness (QED) is 0.793. The lowest BCUT2D eigenvalue weighted by molar-refractivity contribution is 0.422. The number of thioether (sulfide) groups is 1. The molecule has 1 N–H and O–H groups in total. The summed E-state index contributed by atoms with van der Waals surface area (Å²) in [5, 5.41) is 19.3. The first-order valence-electron chi connectivity index (χ1n) is 7.50. The van der Waals surface area contributed by atoms with Gasteiger partial charge in [-0.1, -0.05) is 37.6 Å². The van der Waals surface area contributed by atoms with E-state index in [1.807, 2.05) is 4.68 Å². The van der Waals surface area contributed by atoms with Crippen molar-refractivity contribution in [3.05, 3.63) is 22.4 Å². The maximum absolute atomic E-state index is 4.20. The molecule has 1 aliphatic carbocycles. The Labute approximate surface area is 133 Å². The van der Waals surface area contributed by atoms with Crippen LogP contribution in [0.25, 0.3) is 0 Å². The van der Waals surface area contributed by atoms with E-state index in [0.717, 1.165) is 18.2 Å². The lowest BCUT2D eigenvalue weighted by Crippen LogP contribution is -2.22. The van der Waals surface area contributed by atoms with Crippen LogP contribution in [-0.4, -0.2) is 32.0 Å². The number of tetrazole rings is 1. The van der Waals surface area contributed by atoms with Gasteiger partial charge in [0, 0.05) is 23.2 Å². The van der Waals surface area contributed by atoms with Crippen molar-refractivity contribution in [2.45, 2.75) is 55.6 Å². The van der Waals surface area contributed by atoms with E-state index in [-0.39, 0.29) is 0 Å². The van der Waals surface area contributed by atoms with Gasteiger partial charge in [0.15, 0.2) is 0 Å². The Bertz CT molecular complexity index is 533. The average molecular weight is 323 g/mol. The monoisotopic (exact) mass is 323 g/mol. The zero-order valence-corrected chi connectivity index (χ0v) is 13.9. The molecule has 114 valence electrons. The number of hydrogen-bond donors (Lipinski definition) is 1. The summed E-state index contributed by atoms with van der Waals surface area (Å²) in [5.41, 5.74) is 0. The normalized spacial score (nSPS) is 17.4. The first-order chi connectivity index (χ1) is 10.3. The van der Waals surface area contributed by atoms with Crippen molar-refractivity contribution >= 4 is 23.1 Å². The average Bonchev–Trinajstić information content (AvgIpc) is 3.20. The molecule has 0 saturated heterocycles. The molecule has 7 heteroatoms. The molecule has 3 rings (SSSR count). The fraction of sp³-hybridized carbons (Fsp3) is 0.643. The van der Waals surface area contributed by atoms with E-state index in [4.69, 9.17) is 0 Å². The van der Waals surface area contributed by atoms with Gasteiger partial charge in [0.25, 0.3) is 0 Å².